The first-order valence-electron chi connectivity index (χ1n) is 11.5. The first kappa shape index (κ1) is 23.3. The van der Waals surface area contributed by atoms with Gasteiger partial charge in [-0.25, -0.2) is 4.79 Å². The molecular weight excluding hydrogens is 420 g/mol. The Balaban J connectivity index is 1.40. The molecule has 7 nitrogen and oxygen atoms in total. The van der Waals surface area contributed by atoms with E-state index in [2.05, 4.69) is 10.6 Å². The van der Waals surface area contributed by atoms with Gasteiger partial charge in [0.1, 0.15) is 17.9 Å². The van der Waals surface area contributed by atoms with Crippen LogP contribution in [0.2, 0.25) is 0 Å². The van der Waals surface area contributed by atoms with Crippen LogP contribution in [0, 0.1) is 6.92 Å². The summed E-state index contributed by atoms with van der Waals surface area (Å²) < 4.78 is 16.2. The molecule has 4 rings (SSSR count). The molecule has 1 aliphatic carbocycles. The molecule has 1 saturated carbocycles. The maximum atomic E-state index is 13.5. The van der Waals surface area contributed by atoms with Gasteiger partial charge < -0.3 is 19.5 Å². The Morgan fingerprint density at radius 3 is 2.33 bits per heavy atom. The Labute approximate surface area is 194 Å². The minimum Gasteiger partial charge on any atom is -0.492 e. The number of hydrogen-bond donors (Lipinski definition) is 2. The Kier molecular flexibility index (Phi) is 7.00. The predicted molar refractivity (Wildman–Crippen MR) is 124 cm³/mol. The Bertz CT molecular complexity index is 978. The van der Waals surface area contributed by atoms with E-state index in [-0.39, 0.29) is 17.4 Å². The van der Waals surface area contributed by atoms with Gasteiger partial charge in [-0.05, 0) is 61.9 Å². The Hall–Kier alpha value is -2.90. The molecular formula is C26H32N2O5. The van der Waals surface area contributed by atoms with E-state index < -0.39 is 5.54 Å². The maximum absolute atomic E-state index is 13.5. The second kappa shape index (κ2) is 9.93. The van der Waals surface area contributed by atoms with E-state index in [1.54, 1.807) is 12.1 Å². The first-order valence-corrected chi connectivity index (χ1v) is 11.5. The van der Waals surface area contributed by atoms with Crippen LogP contribution in [-0.2, 0) is 19.8 Å². The van der Waals surface area contributed by atoms with Crippen molar-refractivity contribution >= 4 is 11.9 Å². The largest absolute Gasteiger partial charge is 0.492 e. The normalized spacial score (nSPS) is 18.2. The van der Waals surface area contributed by atoms with Gasteiger partial charge >= 0.3 is 5.97 Å². The highest BCUT2D eigenvalue weighted by Crippen LogP contribution is 2.46. The minimum absolute atomic E-state index is 0.00349. The monoisotopic (exact) mass is 452 g/mol. The lowest BCUT2D eigenvalue weighted by atomic mass is 9.88. The summed E-state index contributed by atoms with van der Waals surface area (Å²) in [6.45, 7) is 4.13. The third kappa shape index (κ3) is 5.20. The number of amides is 1. The van der Waals surface area contributed by atoms with Crippen molar-refractivity contribution in [2.75, 3.05) is 33.5 Å². The van der Waals surface area contributed by atoms with Gasteiger partial charge in [0.05, 0.1) is 18.2 Å². The van der Waals surface area contributed by atoms with Crippen molar-refractivity contribution in [1.82, 2.24) is 10.6 Å². The zero-order valence-electron chi connectivity index (χ0n) is 19.3. The summed E-state index contributed by atoms with van der Waals surface area (Å²) in [5.41, 5.74) is 1.53. The van der Waals surface area contributed by atoms with E-state index in [4.69, 9.17) is 14.2 Å². The number of benzene rings is 2. The van der Waals surface area contributed by atoms with Crippen molar-refractivity contribution in [3.63, 3.8) is 0 Å². The third-order valence-corrected chi connectivity index (χ3v) is 6.66. The quantitative estimate of drug-likeness (QED) is 0.449. The lowest BCUT2D eigenvalue weighted by molar-refractivity contribution is -0.133. The molecule has 0 atom stereocenters. The highest BCUT2D eigenvalue weighted by atomic mass is 16.5. The van der Waals surface area contributed by atoms with Gasteiger partial charge in [0.25, 0.3) is 0 Å². The van der Waals surface area contributed by atoms with E-state index in [9.17, 15) is 9.59 Å². The molecule has 2 aromatic carbocycles. The summed E-state index contributed by atoms with van der Waals surface area (Å²) in [6.07, 6.45) is 2.97. The second-order valence-electron chi connectivity index (χ2n) is 8.84. The fraction of sp³-hybridized carbons (Fsp3) is 0.462. The van der Waals surface area contributed by atoms with Crippen LogP contribution in [0.15, 0.2) is 48.5 Å². The smallest absolute Gasteiger partial charge is 0.337 e. The lowest BCUT2D eigenvalue weighted by Gasteiger charge is -2.38. The van der Waals surface area contributed by atoms with Gasteiger partial charge in [0.2, 0.25) is 5.91 Å². The van der Waals surface area contributed by atoms with Crippen LogP contribution in [0.3, 0.4) is 0 Å². The SMILES string of the molecule is COC(=O)c1ccc(C2(NC(=O)C3(NCCOc4ccccc4C)CCOCC3)CC2)cc1. The Morgan fingerprint density at radius 2 is 1.70 bits per heavy atom. The summed E-state index contributed by atoms with van der Waals surface area (Å²) in [6, 6.07) is 15.2. The van der Waals surface area contributed by atoms with Crippen molar-refractivity contribution in [3.05, 3.63) is 65.2 Å². The third-order valence-electron chi connectivity index (χ3n) is 6.66. The molecule has 1 aliphatic heterocycles. The summed E-state index contributed by atoms with van der Waals surface area (Å²) in [7, 11) is 1.37. The number of carbonyl (C=O) groups is 2. The van der Waals surface area contributed by atoms with Crippen LogP contribution in [0.25, 0.3) is 0 Å². The number of ether oxygens (including phenoxy) is 3. The van der Waals surface area contributed by atoms with Crippen LogP contribution in [0.1, 0.15) is 47.2 Å². The minimum atomic E-state index is -0.686. The van der Waals surface area contributed by atoms with Gasteiger partial charge in [-0.2, -0.15) is 0 Å². The fourth-order valence-corrected chi connectivity index (χ4v) is 4.36. The van der Waals surface area contributed by atoms with Crippen molar-refractivity contribution in [2.24, 2.45) is 0 Å². The molecule has 0 radical (unpaired) electrons. The molecule has 1 amide bonds. The molecule has 2 fully saturated rings. The number of rotatable bonds is 9. The van der Waals surface area contributed by atoms with Crippen LogP contribution in [0.4, 0.5) is 0 Å². The van der Waals surface area contributed by atoms with Gasteiger partial charge in [-0.1, -0.05) is 30.3 Å². The number of carbonyl (C=O) groups excluding carboxylic acids is 2. The van der Waals surface area contributed by atoms with Crippen molar-refractivity contribution in [3.8, 4) is 5.75 Å². The van der Waals surface area contributed by atoms with Crippen LogP contribution in [0.5, 0.6) is 5.75 Å². The molecule has 2 aliphatic rings. The van der Waals surface area contributed by atoms with Gasteiger partial charge in [-0.3, -0.25) is 10.1 Å². The zero-order valence-corrected chi connectivity index (χ0v) is 19.3. The molecule has 2 N–H and O–H groups in total. The topological polar surface area (TPSA) is 85.9 Å². The average Bonchev–Trinajstić information content (AvgIpc) is 3.63. The second-order valence-corrected chi connectivity index (χ2v) is 8.84. The first-order chi connectivity index (χ1) is 16.0. The van der Waals surface area contributed by atoms with Crippen LogP contribution in [-0.4, -0.2) is 50.9 Å². The number of esters is 1. The van der Waals surface area contributed by atoms with E-state index in [0.29, 0.717) is 44.8 Å². The fourth-order valence-electron chi connectivity index (χ4n) is 4.36. The maximum Gasteiger partial charge on any atom is 0.337 e. The summed E-state index contributed by atoms with van der Waals surface area (Å²) in [4.78, 5) is 25.3. The number of methoxy groups -OCH3 is 1. The highest BCUT2D eigenvalue weighted by Gasteiger charge is 2.50. The molecule has 0 spiro atoms. The van der Waals surface area contributed by atoms with Crippen molar-refractivity contribution in [1.29, 1.82) is 0 Å². The number of aryl methyl sites for hydroxylation is 1. The summed E-state index contributed by atoms with van der Waals surface area (Å²) in [5.74, 6) is 0.488. The summed E-state index contributed by atoms with van der Waals surface area (Å²) in [5, 5.41) is 6.79. The number of nitrogens with one attached hydrogen (secondary N) is 2. The highest BCUT2D eigenvalue weighted by molar-refractivity contribution is 5.89. The van der Waals surface area contributed by atoms with Crippen LogP contribution >= 0.6 is 0 Å². The van der Waals surface area contributed by atoms with Crippen molar-refractivity contribution < 1.29 is 23.8 Å². The zero-order chi connectivity index (χ0) is 23.3. The molecule has 0 aromatic heterocycles. The predicted octanol–water partition coefficient (Wildman–Crippen LogP) is 3.10. The summed E-state index contributed by atoms with van der Waals surface area (Å²) >= 11 is 0. The lowest BCUT2D eigenvalue weighted by Crippen LogP contribution is -2.61. The molecule has 1 heterocycles. The molecule has 33 heavy (non-hydrogen) atoms. The number of para-hydroxylation sites is 1. The van der Waals surface area contributed by atoms with Crippen LogP contribution < -0.4 is 15.4 Å². The van der Waals surface area contributed by atoms with Gasteiger partial charge in [0, 0.05) is 19.8 Å². The van der Waals surface area contributed by atoms with E-state index in [1.165, 1.54) is 7.11 Å². The van der Waals surface area contributed by atoms with Gasteiger partial charge in [0.15, 0.2) is 0 Å². The Morgan fingerprint density at radius 1 is 1.00 bits per heavy atom. The molecule has 0 bridgehead atoms. The van der Waals surface area contributed by atoms with E-state index in [1.807, 2.05) is 43.3 Å². The van der Waals surface area contributed by atoms with Crippen molar-refractivity contribution in [2.45, 2.75) is 43.7 Å². The molecule has 176 valence electrons. The molecule has 2 aromatic rings. The van der Waals surface area contributed by atoms with E-state index in [0.717, 1.165) is 29.7 Å². The standard InChI is InChI=1S/C26H32N2O5/c1-19-5-3-4-6-22(19)33-18-15-27-26(13-16-32-17-14-26)24(30)28-25(11-12-25)21-9-7-20(8-10-21)23(29)31-2/h3-10,27H,11-18H2,1-2H3,(H,28,30). The molecule has 1 saturated heterocycles. The van der Waals surface area contributed by atoms with Gasteiger partial charge in [-0.15, -0.1) is 0 Å². The number of hydrogen-bond acceptors (Lipinski definition) is 6. The van der Waals surface area contributed by atoms with E-state index >= 15 is 0 Å². The average molecular weight is 453 g/mol. The molecule has 0 unspecified atom stereocenters. The molecule has 7 heteroatoms.